The number of pyridine rings is 1. The molecule has 3 rings (SSSR count). The van der Waals surface area contributed by atoms with Crippen LogP contribution in [0.25, 0.3) is 11.3 Å². The molecule has 0 bridgehead atoms. The molecule has 2 aromatic rings. The Morgan fingerprint density at radius 1 is 1.19 bits per heavy atom. The predicted molar refractivity (Wildman–Crippen MR) is 75.5 cm³/mol. The molecule has 0 radical (unpaired) electrons. The average Bonchev–Trinajstić information content (AvgIpc) is 2.42. The summed E-state index contributed by atoms with van der Waals surface area (Å²) in [4.78, 5) is 3.68. The molecular formula is C17H16F3N. The number of nitrogens with zero attached hydrogens (tertiary/aromatic N) is 1. The number of hydrogen-bond donors (Lipinski definition) is 0. The van der Waals surface area contributed by atoms with Gasteiger partial charge in [-0.05, 0) is 55.4 Å². The van der Waals surface area contributed by atoms with Crippen LogP contribution in [0.4, 0.5) is 13.2 Å². The van der Waals surface area contributed by atoms with Crippen LogP contribution in [0.1, 0.15) is 30.0 Å². The van der Waals surface area contributed by atoms with E-state index in [2.05, 4.69) is 11.9 Å². The van der Waals surface area contributed by atoms with E-state index in [1.165, 1.54) is 18.2 Å². The van der Waals surface area contributed by atoms with Gasteiger partial charge in [-0.25, -0.2) is 13.8 Å². The molecule has 0 aliphatic heterocycles. The first-order valence-corrected chi connectivity index (χ1v) is 7.10. The third-order valence-electron chi connectivity index (χ3n) is 4.16. The number of aromatic nitrogens is 1. The van der Waals surface area contributed by atoms with Gasteiger partial charge in [-0.1, -0.05) is 13.0 Å². The Morgan fingerprint density at radius 3 is 2.67 bits per heavy atom. The molecule has 0 saturated heterocycles. The van der Waals surface area contributed by atoms with Crippen LogP contribution in [0.2, 0.25) is 0 Å². The second-order valence-electron chi connectivity index (χ2n) is 5.84. The van der Waals surface area contributed by atoms with Crippen molar-refractivity contribution >= 4 is 0 Å². The Kier molecular flexibility index (Phi) is 3.47. The highest BCUT2D eigenvalue weighted by Crippen LogP contribution is 2.34. The SMILES string of the molecule is Cc1ccc(-c2c(F)cc3c(c2F)CCC(C)C3)nc1F. The molecule has 110 valence electrons. The third kappa shape index (κ3) is 2.43. The number of hydrogen-bond acceptors (Lipinski definition) is 1. The lowest BCUT2D eigenvalue weighted by molar-refractivity contribution is 0.476. The summed E-state index contributed by atoms with van der Waals surface area (Å²) < 4.78 is 42.5. The van der Waals surface area contributed by atoms with Crippen molar-refractivity contribution < 1.29 is 13.2 Å². The van der Waals surface area contributed by atoms with Gasteiger partial charge in [0, 0.05) is 5.56 Å². The summed E-state index contributed by atoms with van der Waals surface area (Å²) in [5, 5.41) is 0. The van der Waals surface area contributed by atoms with Crippen LogP contribution >= 0.6 is 0 Å². The largest absolute Gasteiger partial charge is 0.219 e. The van der Waals surface area contributed by atoms with Crippen molar-refractivity contribution in [3.63, 3.8) is 0 Å². The van der Waals surface area contributed by atoms with Gasteiger partial charge in [0.1, 0.15) is 11.6 Å². The first-order chi connectivity index (χ1) is 9.97. The molecule has 0 amide bonds. The van der Waals surface area contributed by atoms with Crippen molar-refractivity contribution in [3.8, 4) is 11.3 Å². The van der Waals surface area contributed by atoms with Gasteiger partial charge in [0.25, 0.3) is 0 Å². The Bertz CT molecular complexity index is 710. The summed E-state index contributed by atoms with van der Waals surface area (Å²) in [7, 11) is 0. The first-order valence-electron chi connectivity index (χ1n) is 7.10. The minimum Gasteiger partial charge on any atom is -0.219 e. The summed E-state index contributed by atoms with van der Waals surface area (Å²) >= 11 is 0. The van der Waals surface area contributed by atoms with Crippen LogP contribution in [-0.2, 0) is 12.8 Å². The zero-order valence-corrected chi connectivity index (χ0v) is 12.0. The molecule has 0 saturated carbocycles. The van der Waals surface area contributed by atoms with Crippen LogP contribution in [0.15, 0.2) is 18.2 Å². The standard InChI is InChI=1S/C17H16F3N/c1-9-3-5-12-11(7-9)8-13(18)15(16(12)19)14-6-4-10(2)17(20)21-14/h4,6,8-9H,3,5,7H2,1-2H3. The minimum absolute atomic E-state index is 0.00882. The third-order valence-corrected chi connectivity index (χ3v) is 4.16. The number of benzene rings is 1. The van der Waals surface area contributed by atoms with E-state index in [0.717, 1.165) is 12.0 Å². The van der Waals surface area contributed by atoms with Crippen LogP contribution in [0.3, 0.4) is 0 Å². The smallest absolute Gasteiger partial charge is 0.216 e. The van der Waals surface area contributed by atoms with E-state index in [9.17, 15) is 13.2 Å². The number of fused-ring (bicyclic) bond motifs is 1. The fourth-order valence-corrected chi connectivity index (χ4v) is 2.91. The maximum absolute atomic E-state index is 14.7. The first kappa shape index (κ1) is 14.1. The van der Waals surface area contributed by atoms with Crippen LogP contribution in [0.5, 0.6) is 0 Å². The summed E-state index contributed by atoms with van der Waals surface area (Å²) in [6, 6.07) is 4.32. The van der Waals surface area contributed by atoms with E-state index in [4.69, 9.17) is 0 Å². The van der Waals surface area contributed by atoms with Gasteiger partial charge >= 0.3 is 0 Å². The highest BCUT2D eigenvalue weighted by atomic mass is 19.1. The Morgan fingerprint density at radius 2 is 1.95 bits per heavy atom. The number of aryl methyl sites for hydroxylation is 1. The maximum atomic E-state index is 14.7. The van der Waals surface area contributed by atoms with Gasteiger partial charge in [-0.2, -0.15) is 4.39 Å². The van der Waals surface area contributed by atoms with Crippen molar-refractivity contribution in [2.75, 3.05) is 0 Å². The van der Waals surface area contributed by atoms with Gasteiger partial charge in [-0.3, -0.25) is 0 Å². The zero-order valence-electron chi connectivity index (χ0n) is 12.0. The molecule has 1 aliphatic rings. The highest BCUT2D eigenvalue weighted by Gasteiger charge is 2.25. The minimum atomic E-state index is -0.697. The monoisotopic (exact) mass is 291 g/mol. The van der Waals surface area contributed by atoms with E-state index in [1.807, 2.05) is 0 Å². The molecule has 1 aromatic heterocycles. The van der Waals surface area contributed by atoms with Gasteiger partial charge in [0.15, 0.2) is 0 Å². The van der Waals surface area contributed by atoms with E-state index in [-0.39, 0.29) is 11.3 Å². The summed E-state index contributed by atoms with van der Waals surface area (Å²) in [6.07, 6.45) is 2.15. The van der Waals surface area contributed by atoms with E-state index >= 15 is 0 Å². The van der Waals surface area contributed by atoms with Gasteiger partial charge in [0.05, 0.1) is 11.3 Å². The van der Waals surface area contributed by atoms with Crippen molar-refractivity contribution in [1.82, 2.24) is 4.98 Å². The quantitative estimate of drug-likeness (QED) is 0.700. The average molecular weight is 291 g/mol. The van der Waals surface area contributed by atoms with Crippen molar-refractivity contribution in [2.24, 2.45) is 5.92 Å². The van der Waals surface area contributed by atoms with Crippen LogP contribution in [-0.4, -0.2) is 4.98 Å². The highest BCUT2D eigenvalue weighted by molar-refractivity contribution is 5.63. The van der Waals surface area contributed by atoms with Crippen molar-refractivity contribution in [1.29, 1.82) is 0 Å². The molecule has 21 heavy (non-hydrogen) atoms. The van der Waals surface area contributed by atoms with E-state index in [1.54, 1.807) is 6.92 Å². The molecule has 1 atom stereocenters. The summed E-state index contributed by atoms with van der Waals surface area (Å²) in [6.45, 7) is 3.64. The number of rotatable bonds is 1. The van der Waals surface area contributed by atoms with Gasteiger partial charge < -0.3 is 0 Å². The lowest BCUT2D eigenvalue weighted by atomic mass is 9.83. The fraction of sp³-hybridized carbons (Fsp3) is 0.353. The van der Waals surface area contributed by atoms with E-state index in [0.29, 0.717) is 29.9 Å². The Labute approximate surface area is 121 Å². The zero-order chi connectivity index (χ0) is 15.1. The lowest BCUT2D eigenvalue weighted by Gasteiger charge is -2.23. The molecule has 1 unspecified atom stereocenters. The molecule has 4 heteroatoms. The topological polar surface area (TPSA) is 12.9 Å². The number of halogens is 3. The van der Waals surface area contributed by atoms with Gasteiger partial charge in [0.2, 0.25) is 5.95 Å². The second kappa shape index (κ2) is 5.17. The molecule has 0 N–H and O–H groups in total. The molecule has 1 nitrogen and oxygen atoms in total. The normalized spacial score (nSPS) is 17.7. The predicted octanol–water partition coefficient (Wildman–Crippen LogP) is 4.60. The van der Waals surface area contributed by atoms with Crippen molar-refractivity contribution in [3.05, 3.63) is 52.5 Å². The van der Waals surface area contributed by atoms with Crippen LogP contribution in [0, 0.1) is 30.4 Å². The maximum Gasteiger partial charge on any atom is 0.216 e. The van der Waals surface area contributed by atoms with Crippen LogP contribution < -0.4 is 0 Å². The Balaban J connectivity index is 2.17. The lowest BCUT2D eigenvalue weighted by Crippen LogP contribution is -2.14. The second-order valence-corrected chi connectivity index (χ2v) is 5.84. The molecule has 1 heterocycles. The molecular weight excluding hydrogens is 275 g/mol. The fourth-order valence-electron chi connectivity index (χ4n) is 2.91. The summed E-state index contributed by atoms with van der Waals surface area (Å²) in [5.74, 6) is -1.53. The van der Waals surface area contributed by atoms with Gasteiger partial charge in [-0.15, -0.1) is 0 Å². The Hall–Kier alpha value is -1.84. The molecule has 0 spiro atoms. The van der Waals surface area contributed by atoms with Crippen molar-refractivity contribution in [2.45, 2.75) is 33.1 Å². The molecule has 0 fully saturated rings. The summed E-state index contributed by atoms with van der Waals surface area (Å²) in [5.41, 5.74) is 1.41. The molecule has 1 aliphatic carbocycles. The molecule has 1 aromatic carbocycles. The van der Waals surface area contributed by atoms with E-state index < -0.39 is 17.6 Å².